The Bertz CT molecular complexity index is 71.6. The lowest BCUT2D eigenvalue weighted by molar-refractivity contribution is 1.48. The number of rotatable bonds is 0. The maximum absolute atomic E-state index is 3.33. The Hall–Kier alpha value is 0.220. The molecule has 0 radical (unpaired) electrons. The van der Waals surface area contributed by atoms with Gasteiger partial charge in [-0.15, -0.1) is 0 Å². The van der Waals surface area contributed by atoms with E-state index < -0.39 is 0 Å². The summed E-state index contributed by atoms with van der Waals surface area (Å²) < 4.78 is 1.40. The number of hydrogen-bond acceptors (Lipinski definition) is 0. The van der Waals surface area contributed by atoms with Gasteiger partial charge in [0, 0.05) is 6.42 Å². The van der Waals surface area contributed by atoms with Gasteiger partial charge in [0.15, 0.2) is 0 Å². The van der Waals surface area contributed by atoms with Crippen LogP contribution in [-0.2, 0) is 0 Å². The normalized spacial score (nSPS) is 20.4. The fourth-order valence-electron chi connectivity index (χ4n) is 0.189. The number of halogens is 1. The van der Waals surface area contributed by atoms with Crippen molar-refractivity contribution < 1.29 is 0 Å². The zero-order chi connectivity index (χ0) is 3.86. The summed E-state index contributed by atoms with van der Waals surface area (Å²) in [5.41, 5.74) is 1.50. The summed E-state index contributed by atoms with van der Waals surface area (Å²) >= 11 is 3.33. The number of allylic oxidation sites excluding steroid dienone is 2. The third-order valence-corrected chi connectivity index (χ3v) is 1.72. The second-order valence-corrected chi connectivity index (χ2v) is 2.32. The van der Waals surface area contributed by atoms with Gasteiger partial charge in [-0.25, -0.2) is 0 Å². The van der Waals surface area contributed by atoms with E-state index in [0.717, 1.165) is 0 Å². The van der Waals surface area contributed by atoms with Crippen molar-refractivity contribution in [2.75, 3.05) is 0 Å². The maximum Gasteiger partial charge on any atom is 0.000721 e. The van der Waals surface area contributed by atoms with Gasteiger partial charge in [0.05, 0.1) is 0 Å². The SMILES string of the molecule is CC1=C(Br)C1. The average molecular weight is 133 g/mol. The van der Waals surface area contributed by atoms with Crippen molar-refractivity contribution in [1.29, 1.82) is 0 Å². The highest BCUT2D eigenvalue weighted by molar-refractivity contribution is 9.12. The first kappa shape index (κ1) is 3.41. The Kier molecular flexibility index (Phi) is 0.573. The van der Waals surface area contributed by atoms with Gasteiger partial charge < -0.3 is 0 Å². The lowest BCUT2D eigenvalue weighted by Crippen LogP contribution is -1.26. The van der Waals surface area contributed by atoms with E-state index >= 15 is 0 Å². The Balaban J connectivity index is 2.59. The van der Waals surface area contributed by atoms with Crippen LogP contribution in [0.2, 0.25) is 0 Å². The van der Waals surface area contributed by atoms with Crippen LogP contribution in [0.15, 0.2) is 10.1 Å². The Labute approximate surface area is 40.0 Å². The fourth-order valence-corrected chi connectivity index (χ4v) is 0.609. The van der Waals surface area contributed by atoms with E-state index in [1.54, 1.807) is 0 Å². The number of hydrogen-bond donors (Lipinski definition) is 0. The molecule has 0 heterocycles. The molecule has 0 amide bonds. The van der Waals surface area contributed by atoms with Gasteiger partial charge in [-0.3, -0.25) is 0 Å². The van der Waals surface area contributed by atoms with Crippen LogP contribution in [0.5, 0.6) is 0 Å². The Morgan fingerprint density at radius 2 is 2.00 bits per heavy atom. The van der Waals surface area contributed by atoms with Gasteiger partial charge in [0.1, 0.15) is 0 Å². The quantitative estimate of drug-likeness (QED) is 0.474. The molecule has 1 heteroatoms. The molecule has 0 aromatic carbocycles. The zero-order valence-corrected chi connectivity index (χ0v) is 4.67. The van der Waals surface area contributed by atoms with E-state index in [4.69, 9.17) is 0 Å². The van der Waals surface area contributed by atoms with Gasteiger partial charge in [-0.2, -0.15) is 0 Å². The molecular formula is C4H5Br. The van der Waals surface area contributed by atoms with Crippen LogP contribution in [0.3, 0.4) is 0 Å². The van der Waals surface area contributed by atoms with Crippen LogP contribution in [0.1, 0.15) is 13.3 Å². The van der Waals surface area contributed by atoms with Crippen LogP contribution >= 0.6 is 15.9 Å². The molecule has 0 bridgehead atoms. The summed E-state index contributed by atoms with van der Waals surface area (Å²) in [7, 11) is 0. The molecule has 1 aliphatic carbocycles. The Morgan fingerprint density at radius 3 is 2.00 bits per heavy atom. The van der Waals surface area contributed by atoms with Crippen molar-refractivity contribution in [3.63, 3.8) is 0 Å². The minimum absolute atomic E-state index is 1.22. The molecule has 0 nitrogen and oxygen atoms in total. The molecule has 0 aliphatic heterocycles. The van der Waals surface area contributed by atoms with Crippen LogP contribution in [0.4, 0.5) is 0 Å². The van der Waals surface area contributed by atoms with E-state index in [1.807, 2.05) is 0 Å². The maximum atomic E-state index is 3.33. The summed E-state index contributed by atoms with van der Waals surface area (Å²) in [6, 6.07) is 0. The van der Waals surface area contributed by atoms with Gasteiger partial charge in [-0.1, -0.05) is 21.5 Å². The van der Waals surface area contributed by atoms with E-state index in [0.29, 0.717) is 0 Å². The molecule has 0 aromatic heterocycles. The molecule has 0 saturated heterocycles. The lowest BCUT2D eigenvalue weighted by atomic mass is 10.6. The molecule has 0 unspecified atom stereocenters. The molecule has 0 aromatic rings. The van der Waals surface area contributed by atoms with Crippen molar-refractivity contribution in [3.8, 4) is 0 Å². The summed E-state index contributed by atoms with van der Waals surface area (Å²) in [5.74, 6) is 0. The monoisotopic (exact) mass is 132 g/mol. The molecule has 0 saturated carbocycles. The van der Waals surface area contributed by atoms with Crippen molar-refractivity contribution in [1.82, 2.24) is 0 Å². The highest BCUT2D eigenvalue weighted by atomic mass is 79.9. The average Bonchev–Trinajstić information content (AvgIpc) is 1.79. The largest absolute Gasteiger partial charge is 0.0579 e. The molecule has 1 rings (SSSR count). The van der Waals surface area contributed by atoms with Crippen LogP contribution < -0.4 is 0 Å². The summed E-state index contributed by atoms with van der Waals surface area (Å²) in [4.78, 5) is 0. The summed E-state index contributed by atoms with van der Waals surface area (Å²) in [6.07, 6.45) is 1.22. The first-order chi connectivity index (χ1) is 2.30. The Morgan fingerprint density at radius 1 is 1.80 bits per heavy atom. The molecule has 5 heavy (non-hydrogen) atoms. The minimum atomic E-state index is 1.22. The van der Waals surface area contributed by atoms with Gasteiger partial charge in [0.25, 0.3) is 0 Å². The molecular weight excluding hydrogens is 128 g/mol. The van der Waals surface area contributed by atoms with Crippen LogP contribution in [0, 0.1) is 0 Å². The molecule has 0 spiro atoms. The molecule has 1 aliphatic rings. The standard InChI is InChI=1S/C4H5Br/c1-3-2-4(3)5/h2H2,1H3. The van der Waals surface area contributed by atoms with E-state index in [1.165, 1.54) is 16.5 Å². The van der Waals surface area contributed by atoms with E-state index in [-0.39, 0.29) is 0 Å². The zero-order valence-electron chi connectivity index (χ0n) is 3.09. The smallest absolute Gasteiger partial charge is 0.000721 e. The fraction of sp³-hybridized carbons (Fsp3) is 0.500. The predicted octanol–water partition coefficient (Wildman–Crippen LogP) is 2.06. The highest BCUT2D eigenvalue weighted by Crippen LogP contribution is 2.34. The third kappa shape index (κ3) is 0.538. The van der Waals surface area contributed by atoms with Gasteiger partial charge >= 0.3 is 0 Å². The molecule has 28 valence electrons. The first-order valence-electron chi connectivity index (χ1n) is 1.65. The van der Waals surface area contributed by atoms with Crippen molar-refractivity contribution in [2.24, 2.45) is 0 Å². The summed E-state index contributed by atoms with van der Waals surface area (Å²) in [5, 5.41) is 0. The van der Waals surface area contributed by atoms with Gasteiger partial charge in [-0.05, 0) is 11.4 Å². The second-order valence-electron chi connectivity index (χ2n) is 1.36. The lowest BCUT2D eigenvalue weighted by Gasteiger charge is -1.46. The summed E-state index contributed by atoms with van der Waals surface area (Å²) in [6.45, 7) is 2.13. The van der Waals surface area contributed by atoms with Crippen molar-refractivity contribution >= 4 is 15.9 Å². The third-order valence-electron chi connectivity index (χ3n) is 0.758. The molecule has 0 N–H and O–H groups in total. The first-order valence-corrected chi connectivity index (χ1v) is 2.44. The molecule has 0 fully saturated rings. The second kappa shape index (κ2) is 0.839. The van der Waals surface area contributed by atoms with Crippen molar-refractivity contribution in [3.05, 3.63) is 10.1 Å². The van der Waals surface area contributed by atoms with Crippen molar-refractivity contribution in [2.45, 2.75) is 13.3 Å². The van der Waals surface area contributed by atoms with Crippen LogP contribution in [-0.4, -0.2) is 0 Å². The highest BCUT2D eigenvalue weighted by Gasteiger charge is 2.10. The predicted molar refractivity (Wildman–Crippen MR) is 26.2 cm³/mol. The van der Waals surface area contributed by atoms with E-state index in [9.17, 15) is 0 Å². The van der Waals surface area contributed by atoms with Gasteiger partial charge in [0.2, 0.25) is 0 Å². The molecule has 0 atom stereocenters. The minimum Gasteiger partial charge on any atom is -0.0579 e. The van der Waals surface area contributed by atoms with E-state index in [2.05, 4.69) is 22.9 Å². The van der Waals surface area contributed by atoms with Crippen LogP contribution in [0.25, 0.3) is 0 Å². The topological polar surface area (TPSA) is 0 Å².